The lowest BCUT2D eigenvalue weighted by Gasteiger charge is -2.07. The second-order valence-electron chi connectivity index (χ2n) is 4.55. The maximum absolute atomic E-state index is 11.6. The molecule has 0 saturated carbocycles. The summed E-state index contributed by atoms with van der Waals surface area (Å²) in [5.41, 5.74) is 6.39. The number of nitrogen functional groups attached to an aromatic ring is 1. The minimum atomic E-state index is -0.261. The van der Waals surface area contributed by atoms with E-state index < -0.39 is 0 Å². The van der Waals surface area contributed by atoms with E-state index in [-0.39, 0.29) is 18.2 Å². The molecule has 0 spiro atoms. The van der Waals surface area contributed by atoms with Crippen LogP contribution in [0.2, 0.25) is 0 Å². The van der Waals surface area contributed by atoms with Crippen LogP contribution in [0.15, 0.2) is 12.3 Å². The Labute approximate surface area is 106 Å². The Kier molecular flexibility index (Phi) is 5.23. The van der Waals surface area contributed by atoms with Gasteiger partial charge in [-0.3, -0.25) is 9.59 Å². The first kappa shape index (κ1) is 14.1. The van der Waals surface area contributed by atoms with Gasteiger partial charge in [0.2, 0.25) is 5.91 Å². The van der Waals surface area contributed by atoms with Gasteiger partial charge in [-0.15, -0.1) is 0 Å². The number of amides is 2. The lowest BCUT2D eigenvalue weighted by atomic mass is 10.2. The number of nitrogens with two attached hydrogens (primary N) is 1. The van der Waals surface area contributed by atoms with Gasteiger partial charge in [0.1, 0.15) is 5.69 Å². The maximum atomic E-state index is 11.6. The second kappa shape index (κ2) is 6.68. The van der Waals surface area contributed by atoms with E-state index >= 15 is 0 Å². The number of H-pyrrole nitrogens is 1. The molecule has 0 aliphatic heterocycles. The van der Waals surface area contributed by atoms with Gasteiger partial charge in [-0.1, -0.05) is 13.8 Å². The molecule has 2 amide bonds. The van der Waals surface area contributed by atoms with E-state index in [0.29, 0.717) is 30.4 Å². The normalized spacial score (nSPS) is 10.4. The van der Waals surface area contributed by atoms with E-state index in [1.807, 2.05) is 13.8 Å². The van der Waals surface area contributed by atoms with Crippen molar-refractivity contribution in [1.29, 1.82) is 0 Å². The predicted octanol–water partition coefficient (Wildman–Crippen LogP) is 0.489. The zero-order valence-electron chi connectivity index (χ0n) is 10.7. The van der Waals surface area contributed by atoms with Gasteiger partial charge in [-0.25, -0.2) is 0 Å². The maximum Gasteiger partial charge on any atom is 0.267 e. The van der Waals surface area contributed by atoms with Crippen molar-refractivity contribution in [2.45, 2.75) is 20.3 Å². The average molecular weight is 252 g/mol. The van der Waals surface area contributed by atoms with E-state index in [9.17, 15) is 9.59 Å². The van der Waals surface area contributed by atoms with Crippen LogP contribution in [0.25, 0.3) is 0 Å². The molecule has 1 aromatic heterocycles. The molecule has 6 heteroatoms. The van der Waals surface area contributed by atoms with Crippen molar-refractivity contribution in [2.24, 2.45) is 5.92 Å². The molecule has 1 aromatic rings. The van der Waals surface area contributed by atoms with Crippen molar-refractivity contribution in [3.8, 4) is 0 Å². The number of anilines is 1. The molecule has 0 fully saturated rings. The Morgan fingerprint density at radius 3 is 2.67 bits per heavy atom. The van der Waals surface area contributed by atoms with Gasteiger partial charge in [0, 0.05) is 31.4 Å². The van der Waals surface area contributed by atoms with E-state index in [0.717, 1.165) is 0 Å². The number of carbonyl (C=O) groups excluding carboxylic acids is 2. The second-order valence-corrected chi connectivity index (χ2v) is 4.55. The largest absolute Gasteiger partial charge is 0.397 e. The highest BCUT2D eigenvalue weighted by atomic mass is 16.2. The van der Waals surface area contributed by atoms with Crippen LogP contribution < -0.4 is 16.4 Å². The molecule has 1 heterocycles. The molecule has 0 aliphatic rings. The first-order valence-electron chi connectivity index (χ1n) is 5.98. The van der Waals surface area contributed by atoms with Crippen LogP contribution in [-0.2, 0) is 4.79 Å². The monoisotopic (exact) mass is 252 g/mol. The quantitative estimate of drug-likeness (QED) is 0.592. The number of hydrogen-bond donors (Lipinski definition) is 4. The fraction of sp³-hybridized carbons (Fsp3) is 0.500. The molecule has 5 N–H and O–H groups in total. The van der Waals surface area contributed by atoms with Crippen molar-refractivity contribution >= 4 is 17.5 Å². The SMILES string of the molecule is CC(C)CNC(=O)CCNC(=O)c1cc(N)c[nH]1. The Morgan fingerprint density at radius 2 is 2.11 bits per heavy atom. The smallest absolute Gasteiger partial charge is 0.267 e. The molecule has 0 aliphatic carbocycles. The van der Waals surface area contributed by atoms with E-state index in [2.05, 4.69) is 15.6 Å². The zero-order valence-corrected chi connectivity index (χ0v) is 10.7. The van der Waals surface area contributed by atoms with E-state index in [1.165, 1.54) is 0 Å². The lowest BCUT2D eigenvalue weighted by Crippen LogP contribution is -2.32. The van der Waals surface area contributed by atoms with Crippen molar-refractivity contribution in [3.05, 3.63) is 18.0 Å². The van der Waals surface area contributed by atoms with Crippen LogP contribution in [-0.4, -0.2) is 29.9 Å². The van der Waals surface area contributed by atoms with Gasteiger partial charge in [0.05, 0.1) is 0 Å². The summed E-state index contributed by atoms with van der Waals surface area (Å²) in [5.74, 6) is 0.101. The minimum Gasteiger partial charge on any atom is -0.397 e. The Hall–Kier alpha value is -1.98. The summed E-state index contributed by atoms with van der Waals surface area (Å²) in [6.07, 6.45) is 1.82. The summed E-state index contributed by atoms with van der Waals surface area (Å²) in [6.45, 7) is 5.01. The average Bonchev–Trinajstić information content (AvgIpc) is 2.73. The molecular weight excluding hydrogens is 232 g/mol. The standard InChI is InChI=1S/C12H20N4O2/c1-8(2)6-16-11(17)3-4-14-12(18)10-5-9(13)7-15-10/h5,7-8,15H,3-4,6,13H2,1-2H3,(H,14,18)(H,16,17). The molecular formula is C12H20N4O2. The molecule has 0 unspecified atom stereocenters. The fourth-order valence-electron chi connectivity index (χ4n) is 1.33. The highest BCUT2D eigenvalue weighted by Gasteiger charge is 2.08. The number of rotatable bonds is 6. The summed E-state index contributed by atoms with van der Waals surface area (Å²) in [4.78, 5) is 25.7. The molecule has 0 aromatic carbocycles. The Bertz CT molecular complexity index is 412. The summed E-state index contributed by atoms with van der Waals surface area (Å²) < 4.78 is 0. The molecule has 0 atom stereocenters. The zero-order chi connectivity index (χ0) is 13.5. The van der Waals surface area contributed by atoms with Crippen LogP contribution in [0.5, 0.6) is 0 Å². The minimum absolute atomic E-state index is 0.0602. The molecule has 6 nitrogen and oxygen atoms in total. The molecule has 1 rings (SSSR count). The van der Waals surface area contributed by atoms with Crippen LogP contribution in [0.4, 0.5) is 5.69 Å². The van der Waals surface area contributed by atoms with Gasteiger partial charge in [0.25, 0.3) is 5.91 Å². The van der Waals surface area contributed by atoms with E-state index in [4.69, 9.17) is 5.73 Å². The number of aromatic amines is 1. The fourth-order valence-corrected chi connectivity index (χ4v) is 1.33. The van der Waals surface area contributed by atoms with E-state index in [1.54, 1.807) is 12.3 Å². The molecule has 0 bridgehead atoms. The van der Waals surface area contributed by atoms with Gasteiger partial charge >= 0.3 is 0 Å². The summed E-state index contributed by atoms with van der Waals surface area (Å²) in [6, 6.07) is 1.55. The Balaban J connectivity index is 2.21. The number of nitrogens with one attached hydrogen (secondary N) is 3. The third kappa shape index (κ3) is 4.90. The first-order chi connectivity index (χ1) is 8.49. The third-order valence-corrected chi connectivity index (χ3v) is 2.30. The van der Waals surface area contributed by atoms with Gasteiger partial charge in [0.15, 0.2) is 0 Å². The highest BCUT2D eigenvalue weighted by Crippen LogP contribution is 2.03. The van der Waals surface area contributed by atoms with Crippen molar-refractivity contribution in [3.63, 3.8) is 0 Å². The summed E-state index contributed by atoms with van der Waals surface area (Å²) >= 11 is 0. The lowest BCUT2D eigenvalue weighted by molar-refractivity contribution is -0.121. The Morgan fingerprint density at radius 1 is 1.39 bits per heavy atom. The summed E-state index contributed by atoms with van der Waals surface area (Å²) in [5, 5.41) is 5.43. The first-order valence-corrected chi connectivity index (χ1v) is 5.98. The predicted molar refractivity (Wildman–Crippen MR) is 70.0 cm³/mol. The number of carbonyl (C=O) groups is 2. The van der Waals surface area contributed by atoms with Gasteiger partial charge < -0.3 is 21.4 Å². The van der Waals surface area contributed by atoms with Crippen LogP contribution >= 0.6 is 0 Å². The van der Waals surface area contributed by atoms with Crippen molar-refractivity contribution in [1.82, 2.24) is 15.6 Å². The summed E-state index contributed by atoms with van der Waals surface area (Å²) in [7, 11) is 0. The molecule has 0 saturated heterocycles. The third-order valence-electron chi connectivity index (χ3n) is 2.30. The van der Waals surface area contributed by atoms with Crippen LogP contribution in [0.3, 0.4) is 0 Å². The van der Waals surface area contributed by atoms with Crippen molar-refractivity contribution in [2.75, 3.05) is 18.8 Å². The van der Waals surface area contributed by atoms with Crippen LogP contribution in [0.1, 0.15) is 30.8 Å². The highest BCUT2D eigenvalue weighted by molar-refractivity contribution is 5.93. The number of aromatic nitrogens is 1. The van der Waals surface area contributed by atoms with Gasteiger partial charge in [-0.05, 0) is 12.0 Å². The number of hydrogen-bond acceptors (Lipinski definition) is 3. The molecule has 0 radical (unpaired) electrons. The topological polar surface area (TPSA) is 100 Å². The van der Waals surface area contributed by atoms with Crippen LogP contribution in [0, 0.1) is 5.92 Å². The molecule has 18 heavy (non-hydrogen) atoms. The van der Waals surface area contributed by atoms with Crippen molar-refractivity contribution < 1.29 is 9.59 Å². The van der Waals surface area contributed by atoms with Gasteiger partial charge in [-0.2, -0.15) is 0 Å². The molecule has 100 valence electrons.